The summed E-state index contributed by atoms with van der Waals surface area (Å²) in [7, 11) is -3.39. The van der Waals surface area contributed by atoms with E-state index >= 15 is 0 Å². The summed E-state index contributed by atoms with van der Waals surface area (Å²) in [6.45, 7) is 5.10. The lowest BCUT2D eigenvalue weighted by Crippen LogP contribution is -2.28. The summed E-state index contributed by atoms with van der Waals surface area (Å²) < 4.78 is 27.2. The Balaban J connectivity index is 1.83. The molecule has 0 amide bonds. The van der Waals surface area contributed by atoms with Crippen molar-refractivity contribution >= 4 is 10.0 Å². The van der Waals surface area contributed by atoms with Crippen molar-refractivity contribution in [1.82, 2.24) is 4.31 Å². The van der Waals surface area contributed by atoms with Gasteiger partial charge in [0.05, 0.1) is 4.90 Å². The van der Waals surface area contributed by atoms with Gasteiger partial charge in [0.25, 0.3) is 0 Å². The normalized spacial score (nSPS) is 19.5. The zero-order valence-corrected chi connectivity index (χ0v) is 13.8. The summed E-state index contributed by atoms with van der Waals surface area (Å²) in [6, 6.07) is 15.5. The molecule has 116 valence electrons. The third kappa shape index (κ3) is 2.81. The molecule has 0 radical (unpaired) electrons. The second-order valence-corrected chi connectivity index (χ2v) is 7.94. The standard InChI is InChI=1S/C18H21NO2S/c1-14-8-9-18(12-15(14)2)22(20,21)19-11-10-17(13-19)16-6-4-3-5-7-16/h3-9,12,17H,10-11,13H2,1-2H3. The third-order valence-corrected chi connectivity index (χ3v) is 6.40. The topological polar surface area (TPSA) is 37.4 Å². The van der Waals surface area contributed by atoms with Crippen LogP contribution >= 0.6 is 0 Å². The second kappa shape index (κ2) is 5.86. The monoisotopic (exact) mass is 315 g/mol. The summed E-state index contributed by atoms with van der Waals surface area (Å²) in [6.07, 6.45) is 0.883. The van der Waals surface area contributed by atoms with Gasteiger partial charge in [-0.1, -0.05) is 36.4 Å². The molecule has 0 spiro atoms. The summed E-state index contributed by atoms with van der Waals surface area (Å²) in [5.74, 6) is 0.294. The van der Waals surface area contributed by atoms with Crippen LogP contribution in [0.25, 0.3) is 0 Å². The predicted octanol–water partition coefficient (Wildman–Crippen LogP) is 3.48. The summed E-state index contributed by atoms with van der Waals surface area (Å²) >= 11 is 0. The summed E-state index contributed by atoms with van der Waals surface area (Å²) in [5.41, 5.74) is 3.35. The number of rotatable bonds is 3. The molecule has 1 atom stereocenters. The Morgan fingerprint density at radius 1 is 1.00 bits per heavy atom. The van der Waals surface area contributed by atoms with Crippen LogP contribution in [0.3, 0.4) is 0 Å². The van der Waals surface area contributed by atoms with Crippen LogP contribution in [0.4, 0.5) is 0 Å². The Morgan fingerprint density at radius 3 is 2.41 bits per heavy atom. The molecule has 0 bridgehead atoms. The summed E-state index contributed by atoms with van der Waals surface area (Å²) in [5, 5.41) is 0. The van der Waals surface area contributed by atoms with Gasteiger partial charge in [0.1, 0.15) is 0 Å². The van der Waals surface area contributed by atoms with Crippen molar-refractivity contribution in [2.45, 2.75) is 31.1 Å². The lowest BCUT2D eigenvalue weighted by Gasteiger charge is -2.17. The van der Waals surface area contributed by atoms with Crippen LogP contribution in [0.1, 0.15) is 29.0 Å². The van der Waals surface area contributed by atoms with E-state index < -0.39 is 10.0 Å². The van der Waals surface area contributed by atoms with Crippen molar-refractivity contribution in [1.29, 1.82) is 0 Å². The van der Waals surface area contributed by atoms with Gasteiger partial charge in [0.15, 0.2) is 0 Å². The number of aryl methyl sites for hydroxylation is 2. The maximum Gasteiger partial charge on any atom is 0.243 e. The van der Waals surface area contributed by atoms with Crippen molar-refractivity contribution in [2.75, 3.05) is 13.1 Å². The average molecular weight is 315 g/mol. The van der Waals surface area contributed by atoms with Gasteiger partial charge in [-0.2, -0.15) is 4.31 Å². The van der Waals surface area contributed by atoms with Gasteiger partial charge in [0.2, 0.25) is 10.0 Å². The van der Waals surface area contributed by atoms with E-state index in [0.29, 0.717) is 23.9 Å². The fourth-order valence-corrected chi connectivity index (χ4v) is 4.55. The van der Waals surface area contributed by atoms with E-state index in [1.165, 1.54) is 5.56 Å². The zero-order valence-electron chi connectivity index (χ0n) is 13.0. The van der Waals surface area contributed by atoms with E-state index in [1.54, 1.807) is 16.4 Å². The van der Waals surface area contributed by atoms with E-state index in [2.05, 4.69) is 12.1 Å². The molecule has 22 heavy (non-hydrogen) atoms. The Hall–Kier alpha value is -1.65. The Morgan fingerprint density at radius 2 is 1.73 bits per heavy atom. The van der Waals surface area contributed by atoms with Gasteiger partial charge in [-0.3, -0.25) is 0 Å². The summed E-state index contributed by atoms with van der Waals surface area (Å²) in [4.78, 5) is 0.407. The molecule has 0 saturated carbocycles. The van der Waals surface area contributed by atoms with Crippen LogP contribution in [0.15, 0.2) is 53.4 Å². The van der Waals surface area contributed by atoms with Crippen LogP contribution in [0, 0.1) is 13.8 Å². The first-order chi connectivity index (χ1) is 10.5. The van der Waals surface area contributed by atoms with Crippen LogP contribution in [-0.4, -0.2) is 25.8 Å². The molecular weight excluding hydrogens is 294 g/mol. The molecule has 1 unspecified atom stereocenters. The van der Waals surface area contributed by atoms with E-state index in [9.17, 15) is 8.42 Å². The fraction of sp³-hybridized carbons (Fsp3) is 0.333. The molecule has 2 aromatic rings. The van der Waals surface area contributed by atoms with Crippen molar-refractivity contribution in [3.8, 4) is 0 Å². The number of nitrogens with zero attached hydrogens (tertiary/aromatic N) is 1. The molecule has 1 aliphatic heterocycles. The van der Waals surface area contributed by atoms with Gasteiger partial charge in [-0.15, -0.1) is 0 Å². The lowest BCUT2D eigenvalue weighted by atomic mass is 9.99. The molecule has 3 nitrogen and oxygen atoms in total. The molecule has 3 rings (SSSR count). The van der Waals surface area contributed by atoms with Crippen molar-refractivity contribution in [2.24, 2.45) is 0 Å². The number of hydrogen-bond acceptors (Lipinski definition) is 2. The largest absolute Gasteiger partial charge is 0.243 e. The van der Waals surface area contributed by atoms with Gasteiger partial charge >= 0.3 is 0 Å². The smallest absolute Gasteiger partial charge is 0.207 e. The molecule has 1 heterocycles. The minimum atomic E-state index is -3.39. The molecule has 4 heteroatoms. The highest BCUT2D eigenvalue weighted by Gasteiger charge is 2.33. The van der Waals surface area contributed by atoms with Crippen molar-refractivity contribution in [3.05, 3.63) is 65.2 Å². The van der Waals surface area contributed by atoms with Crippen LogP contribution in [0.5, 0.6) is 0 Å². The molecule has 1 saturated heterocycles. The first kappa shape index (κ1) is 15.3. The Bertz CT molecular complexity index is 769. The minimum Gasteiger partial charge on any atom is -0.207 e. The number of benzene rings is 2. The second-order valence-electron chi connectivity index (χ2n) is 6.01. The first-order valence-corrected chi connectivity index (χ1v) is 9.05. The molecule has 0 N–H and O–H groups in total. The zero-order chi connectivity index (χ0) is 15.7. The first-order valence-electron chi connectivity index (χ1n) is 7.61. The van der Waals surface area contributed by atoms with Crippen LogP contribution in [-0.2, 0) is 10.0 Å². The van der Waals surface area contributed by atoms with Crippen LogP contribution < -0.4 is 0 Å². The highest BCUT2D eigenvalue weighted by molar-refractivity contribution is 7.89. The van der Waals surface area contributed by atoms with Gasteiger partial charge < -0.3 is 0 Å². The molecule has 1 aliphatic rings. The SMILES string of the molecule is Cc1ccc(S(=O)(=O)N2CCC(c3ccccc3)C2)cc1C. The number of sulfonamides is 1. The van der Waals surface area contributed by atoms with E-state index in [-0.39, 0.29) is 0 Å². The van der Waals surface area contributed by atoms with E-state index in [1.807, 2.05) is 38.1 Å². The molecule has 2 aromatic carbocycles. The van der Waals surface area contributed by atoms with Crippen LogP contribution in [0.2, 0.25) is 0 Å². The fourth-order valence-electron chi connectivity index (χ4n) is 2.97. The highest BCUT2D eigenvalue weighted by Crippen LogP contribution is 2.31. The minimum absolute atomic E-state index is 0.294. The van der Waals surface area contributed by atoms with E-state index in [4.69, 9.17) is 0 Å². The van der Waals surface area contributed by atoms with Gasteiger partial charge in [-0.05, 0) is 55.0 Å². The quantitative estimate of drug-likeness (QED) is 0.869. The third-order valence-electron chi connectivity index (χ3n) is 4.54. The molecule has 0 aliphatic carbocycles. The van der Waals surface area contributed by atoms with E-state index in [0.717, 1.165) is 17.5 Å². The maximum atomic E-state index is 12.8. The number of hydrogen-bond donors (Lipinski definition) is 0. The Labute approximate surface area is 132 Å². The Kier molecular flexibility index (Phi) is 4.06. The molecule has 0 aromatic heterocycles. The maximum absolute atomic E-state index is 12.8. The predicted molar refractivity (Wildman–Crippen MR) is 88.5 cm³/mol. The van der Waals surface area contributed by atoms with Gasteiger partial charge in [-0.25, -0.2) is 8.42 Å². The van der Waals surface area contributed by atoms with Crippen molar-refractivity contribution in [3.63, 3.8) is 0 Å². The average Bonchev–Trinajstić information content (AvgIpc) is 3.01. The van der Waals surface area contributed by atoms with Crippen molar-refractivity contribution < 1.29 is 8.42 Å². The lowest BCUT2D eigenvalue weighted by molar-refractivity contribution is 0.473. The van der Waals surface area contributed by atoms with Gasteiger partial charge in [0, 0.05) is 13.1 Å². The molecule has 1 fully saturated rings. The molecular formula is C18H21NO2S. The highest BCUT2D eigenvalue weighted by atomic mass is 32.2.